The van der Waals surface area contributed by atoms with Gasteiger partial charge in [0.1, 0.15) is 11.5 Å². The molecule has 0 saturated heterocycles. The van der Waals surface area contributed by atoms with E-state index in [1.807, 2.05) is 0 Å². The normalized spacial score (nSPS) is 10.6. The number of hydrogen-bond donors (Lipinski definition) is 2. The SMILES string of the molecule is COc1cc2nccc(Oc3ccc(N)cc3F)c2cc1OC.COc1cc2nccc(Oc3ccc(N)cc3F)c2cc1OC. The standard InChI is InChI=1S/2C17H15FN2O3/c2*1-21-16-8-11-13(9-17(16)22-2)20-6-5-14(11)23-15-4-3-10(19)7-12(15)18/h2*3-9H,19H2,1-2H3. The van der Waals surface area contributed by atoms with Crippen LogP contribution in [0.1, 0.15) is 0 Å². The van der Waals surface area contributed by atoms with Crippen molar-refractivity contribution in [1.82, 2.24) is 9.97 Å². The Morgan fingerprint density at radius 3 is 1.17 bits per heavy atom. The molecule has 0 aliphatic carbocycles. The molecule has 6 rings (SSSR count). The van der Waals surface area contributed by atoms with Gasteiger partial charge in [0.25, 0.3) is 0 Å². The monoisotopic (exact) mass is 628 g/mol. The van der Waals surface area contributed by atoms with E-state index in [1.165, 1.54) is 24.3 Å². The first kappa shape index (κ1) is 31.4. The molecular weight excluding hydrogens is 598 g/mol. The summed E-state index contributed by atoms with van der Waals surface area (Å²) in [5.41, 5.74) is 13.1. The molecule has 12 heteroatoms. The summed E-state index contributed by atoms with van der Waals surface area (Å²) in [4.78, 5) is 8.55. The van der Waals surface area contributed by atoms with Gasteiger partial charge in [-0.1, -0.05) is 0 Å². The second-order valence-electron chi connectivity index (χ2n) is 9.65. The molecule has 0 aliphatic rings. The number of methoxy groups -OCH3 is 4. The van der Waals surface area contributed by atoms with Crippen molar-refractivity contribution in [3.8, 4) is 46.0 Å². The van der Waals surface area contributed by atoms with E-state index >= 15 is 0 Å². The van der Waals surface area contributed by atoms with Crippen LogP contribution < -0.4 is 39.9 Å². The first-order valence-electron chi connectivity index (χ1n) is 13.7. The van der Waals surface area contributed by atoms with Crippen LogP contribution in [0.15, 0.2) is 85.2 Å². The van der Waals surface area contributed by atoms with Gasteiger partial charge < -0.3 is 39.9 Å². The topological polar surface area (TPSA) is 133 Å². The van der Waals surface area contributed by atoms with Crippen molar-refractivity contribution in [2.75, 3.05) is 39.9 Å². The molecule has 0 atom stereocenters. The molecule has 0 saturated carbocycles. The number of ether oxygens (including phenoxy) is 6. The van der Waals surface area contributed by atoms with E-state index in [0.717, 1.165) is 0 Å². The van der Waals surface area contributed by atoms with E-state index in [2.05, 4.69) is 9.97 Å². The van der Waals surface area contributed by atoms with Crippen LogP contribution in [-0.2, 0) is 0 Å². The number of nitrogen functional groups attached to an aromatic ring is 2. The number of nitrogens with two attached hydrogens (primary N) is 2. The lowest BCUT2D eigenvalue weighted by Crippen LogP contribution is -1.95. The highest BCUT2D eigenvalue weighted by atomic mass is 19.1. The summed E-state index contributed by atoms with van der Waals surface area (Å²) in [6.45, 7) is 0. The van der Waals surface area contributed by atoms with Gasteiger partial charge in [-0.3, -0.25) is 9.97 Å². The average molecular weight is 629 g/mol. The number of anilines is 2. The first-order valence-corrected chi connectivity index (χ1v) is 13.7. The quantitative estimate of drug-likeness (QED) is 0.163. The van der Waals surface area contributed by atoms with E-state index in [9.17, 15) is 8.78 Å². The largest absolute Gasteiger partial charge is 0.493 e. The third kappa shape index (κ3) is 6.70. The first-order chi connectivity index (χ1) is 22.2. The van der Waals surface area contributed by atoms with Gasteiger partial charge in [0.2, 0.25) is 0 Å². The number of halogens is 2. The Balaban J connectivity index is 0.000000181. The number of nitrogens with zero attached hydrogens (tertiary/aromatic N) is 2. The van der Waals surface area contributed by atoms with Gasteiger partial charge >= 0.3 is 0 Å². The van der Waals surface area contributed by atoms with Gasteiger partial charge in [-0.2, -0.15) is 0 Å². The third-order valence-electron chi connectivity index (χ3n) is 6.77. The van der Waals surface area contributed by atoms with Crippen LogP contribution in [0.3, 0.4) is 0 Å². The summed E-state index contributed by atoms with van der Waals surface area (Å²) in [5.74, 6) is 2.21. The van der Waals surface area contributed by atoms with E-state index in [-0.39, 0.29) is 11.5 Å². The summed E-state index contributed by atoms with van der Waals surface area (Å²) in [6, 6.07) is 18.8. The highest BCUT2D eigenvalue weighted by molar-refractivity contribution is 5.89. The molecule has 2 heterocycles. The second-order valence-corrected chi connectivity index (χ2v) is 9.65. The maximum atomic E-state index is 13.9. The van der Waals surface area contributed by atoms with Crippen LogP contribution in [0.5, 0.6) is 46.0 Å². The summed E-state index contributed by atoms with van der Waals surface area (Å²) < 4.78 is 60.3. The Kier molecular flexibility index (Phi) is 9.36. The number of aromatic nitrogens is 2. The van der Waals surface area contributed by atoms with Crippen LogP contribution in [-0.4, -0.2) is 38.4 Å². The fraction of sp³-hybridized carbons (Fsp3) is 0.118. The summed E-state index contributed by atoms with van der Waals surface area (Å²) >= 11 is 0. The Morgan fingerprint density at radius 2 is 0.826 bits per heavy atom. The molecule has 0 spiro atoms. The van der Waals surface area contributed by atoms with Gasteiger partial charge in [-0.25, -0.2) is 8.78 Å². The van der Waals surface area contributed by atoms with E-state index in [1.54, 1.807) is 89.4 Å². The lowest BCUT2D eigenvalue weighted by atomic mass is 10.2. The van der Waals surface area contributed by atoms with Crippen LogP contribution in [0.2, 0.25) is 0 Å². The summed E-state index contributed by atoms with van der Waals surface area (Å²) in [6.07, 6.45) is 3.16. The van der Waals surface area contributed by atoms with Gasteiger partial charge in [-0.05, 0) is 48.5 Å². The fourth-order valence-corrected chi connectivity index (χ4v) is 4.51. The molecule has 0 unspecified atom stereocenters. The Morgan fingerprint density at radius 1 is 0.457 bits per heavy atom. The van der Waals surface area contributed by atoms with Crippen molar-refractivity contribution in [2.45, 2.75) is 0 Å². The van der Waals surface area contributed by atoms with Gasteiger partial charge in [-0.15, -0.1) is 0 Å². The van der Waals surface area contributed by atoms with Crippen LogP contribution in [0.25, 0.3) is 21.8 Å². The lowest BCUT2D eigenvalue weighted by molar-refractivity contribution is 0.355. The molecule has 0 amide bonds. The average Bonchev–Trinajstić information content (AvgIpc) is 3.06. The van der Waals surface area contributed by atoms with Crippen LogP contribution in [0.4, 0.5) is 20.2 Å². The zero-order chi connectivity index (χ0) is 32.8. The molecule has 4 aromatic carbocycles. The molecule has 0 aliphatic heterocycles. The zero-order valence-electron chi connectivity index (χ0n) is 25.3. The zero-order valence-corrected chi connectivity index (χ0v) is 25.3. The predicted octanol–water partition coefficient (Wildman–Crippen LogP) is 7.53. The maximum Gasteiger partial charge on any atom is 0.167 e. The molecule has 0 bridgehead atoms. The van der Waals surface area contributed by atoms with E-state index < -0.39 is 11.6 Å². The number of benzene rings is 4. The number of pyridine rings is 2. The second kappa shape index (κ2) is 13.7. The Bertz CT molecular complexity index is 1880. The minimum atomic E-state index is -0.532. The van der Waals surface area contributed by atoms with Crippen molar-refractivity contribution in [3.63, 3.8) is 0 Å². The molecular formula is C34H30F2N4O6. The van der Waals surface area contributed by atoms with Gasteiger partial charge in [0.05, 0.1) is 39.5 Å². The van der Waals surface area contributed by atoms with Crippen LogP contribution >= 0.6 is 0 Å². The molecule has 0 radical (unpaired) electrons. The van der Waals surface area contributed by atoms with Crippen molar-refractivity contribution < 1.29 is 37.2 Å². The molecule has 6 aromatic rings. The molecule has 0 fully saturated rings. The van der Waals surface area contributed by atoms with Crippen LogP contribution in [0, 0.1) is 11.6 Å². The Labute approximate surface area is 263 Å². The lowest BCUT2D eigenvalue weighted by Gasteiger charge is -2.12. The van der Waals surface area contributed by atoms with Gasteiger partial charge in [0, 0.05) is 58.8 Å². The molecule has 2 aromatic heterocycles. The molecule has 10 nitrogen and oxygen atoms in total. The Hall–Kier alpha value is -6.04. The van der Waals surface area contributed by atoms with Crippen molar-refractivity contribution in [1.29, 1.82) is 0 Å². The highest BCUT2D eigenvalue weighted by Crippen LogP contribution is 2.39. The third-order valence-corrected chi connectivity index (χ3v) is 6.77. The number of fused-ring (bicyclic) bond motifs is 2. The number of rotatable bonds is 8. The van der Waals surface area contributed by atoms with Crippen molar-refractivity contribution in [3.05, 3.63) is 96.8 Å². The number of hydrogen-bond acceptors (Lipinski definition) is 10. The smallest absolute Gasteiger partial charge is 0.167 e. The fourth-order valence-electron chi connectivity index (χ4n) is 4.51. The summed E-state index contributed by atoms with van der Waals surface area (Å²) in [5, 5.41) is 1.36. The highest BCUT2D eigenvalue weighted by Gasteiger charge is 2.14. The predicted molar refractivity (Wildman–Crippen MR) is 171 cm³/mol. The molecule has 4 N–H and O–H groups in total. The van der Waals surface area contributed by atoms with E-state index in [4.69, 9.17) is 39.9 Å². The van der Waals surface area contributed by atoms with Crippen molar-refractivity contribution in [2.24, 2.45) is 0 Å². The maximum absolute atomic E-state index is 13.9. The van der Waals surface area contributed by atoms with Crippen molar-refractivity contribution >= 4 is 33.2 Å². The van der Waals surface area contributed by atoms with E-state index in [0.29, 0.717) is 67.7 Å². The molecule has 236 valence electrons. The summed E-state index contributed by atoms with van der Waals surface area (Å²) in [7, 11) is 6.18. The molecule has 46 heavy (non-hydrogen) atoms. The minimum Gasteiger partial charge on any atom is -0.493 e. The minimum absolute atomic E-state index is 0.0847. The van der Waals surface area contributed by atoms with Gasteiger partial charge in [0.15, 0.2) is 46.1 Å².